The minimum Gasteiger partial charge on any atom is -0.343 e. The smallest absolute Gasteiger partial charge is 0.225 e. The maximum atomic E-state index is 11.7. The lowest BCUT2D eigenvalue weighted by Gasteiger charge is -2.21. The third-order valence-electron chi connectivity index (χ3n) is 2.78. The molecule has 0 unspecified atom stereocenters. The van der Waals surface area contributed by atoms with Crippen LogP contribution in [0.3, 0.4) is 0 Å². The summed E-state index contributed by atoms with van der Waals surface area (Å²) in [5.74, 6) is 0.609. The van der Waals surface area contributed by atoms with E-state index in [2.05, 4.69) is 13.8 Å². The summed E-state index contributed by atoms with van der Waals surface area (Å²) in [7, 11) is 1.94. The SMILES string of the molecule is CCC(CC)C(=O)N(C)C1CC1. The summed E-state index contributed by atoms with van der Waals surface area (Å²) < 4.78 is 0. The van der Waals surface area contributed by atoms with Crippen molar-refractivity contribution < 1.29 is 4.79 Å². The number of hydrogen-bond donors (Lipinski definition) is 0. The van der Waals surface area contributed by atoms with Crippen molar-refractivity contribution in [1.29, 1.82) is 0 Å². The van der Waals surface area contributed by atoms with E-state index < -0.39 is 0 Å². The molecule has 0 N–H and O–H groups in total. The van der Waals surface area contributed by atoms with E-state index in [1.165, 1.54) is 12.8 Å². The molecule has 0 aromatic carbocycles. The first-order valence-electron chi connectivity index (χ1n) is 4.97. The van der Waals surface area contributed by atoms with Crippen molar-refractivity contribution in [3.05, 3.63) is 0 Å². The highest BCUT2D eigenvalue weighted by atomic mass is 16.2. The Morgan fingerprint density at radius 2 is 1.92 bits per heavy atom. The average molecular weight is 169 g/mol. The molecule has 70 valence electrons. The number of rotatable bonds is 4. The predicted octanol–water partition coefficient (Wildman–Crippen LogP) is 2.04. The Bertz CT molecular complexity index is 155. The summed E-state index contributed by atoms with van der Waals surface area (Å²) >= 11 is 0. The van der Waals surface area contributed by atoms with Crippen molar-refractivity contribution >= 4 is 5.91 Å². The van der Waals surface area contributed by atoms with Crippen molar-refractivity contribution in [1.82, 2.24) is 4.90 Å². The molecule has 2 nitrogen and oxygen atoms in total. The van der Waals surface area contributed by atoms with Crippen LogP contribution in [0.5, 0.6) is 0 Å². The molecule has 2 heteroatoms. The number of amides is 1. The van der Waals surface area contributed by atoms with Gasteiger partial charge >= 0.3 is 0 Å². The van der Waals surface area contributed by atoms with Crippen LogP contribution in [0.15, 0.2) is 0 Å². The van der Waals surface area contributed by atoms with Crippen LogP contribution in [0, 0.1) is 5.92 Å². The molecular weight excluding hydrogens is 150 g/mol. The summed E-state index contributed by atoms with van der Waals surface area (Å²) in [6.45, 7) is 4.18. The van der Waals surface area contributed by atoms with Gasteiger partial charge in [-0.2, -0.15) is 0 Å². The van der Waals surface area contributed by atoms with Crippen LogP contribution >= 0.6 is 0 Å². The van der Waals surface area contributed by atoms with E-state index in [0.717, 1.165) is 12.8 Å². The Kier molecular flexibility index (Phi) is 3.12. The second-order valence-corrected chi connectivity index (χ2v) is 3.69. The summed E-state index contributed by atoms with van der Waals surface area (Å²) in [5, 5.41) is 0. The topological polar surface area (TPSA) is 20.3 Å². The molecule has 1 saturated carbocycles. The van der Waals surface area contributed by atoms with Crippen molar-refractivity contribution in [2.45, 2.75) is 45.6 Å². The zero-order valence-corrected chi connectivity index (χ0v) is 8.34. The van der Waals surface area contributed by atoms with Gasteiger partial charge in [0.05, 0.1) is 0 Å². The molecule has 0 saturated heterocycles. The second kappa shape index (κ2) is 3.92. The van der Waals surface area contributed by atoms with E-state index in [1.807, 2.05) is 11.9 Å². The molecule has 1 amide bonds. The van der Waals surface area contributed by atoms with Gasteiger partial charge in [-0.1, -0.05) is 13.8 Å². The monoisotopic (exact) mass is 169 g/mol. The van der Waals surface area contributed by atoms with E-state index >= 15 is 0 Å². The zero-order valence-electron chi connectivity index (χ0n) is 8.34. The van der Waals surface area contributed by atoms with Crippen LogP contribution in [-0.2, 0) is 4.79 Å². The van der Waals surface area contributed by atoms with Gasteiger partial charge in [0.2, 0.25) is 5.91 Å². The molecule has 0 atom stereocenters. The van der Waals surface area contributed by atoms with Crippen molar-refractivity contribution in [3.63, 3.8) is 0 Å². The Balaban J connectivity index is 2.42. The Morgan fingerprint density at radius 3 is 2.25 bits per heavy atom. The summed E-state index contributed by atoms with van der Waals surface area (Å²) in [4.78, 5) is 13.7. The molecule has 0 aromatic heterocycles. The van der Waals surface area contributed by atoms with Crippen LogP contribution in [-0.4, -0.2) is 23.9 Å². The Morgan fingerprint density at radius 1 is 1.42 bits per heavy atom. The van der Waals surface area contributed by atoms with Crippen LogP contribution < -0.4 is 0 Å². The van der Waals surface area contributed by atoms with Gasteiger partial charge in [-0.05, 0) is 25.7 Å². The molecule has 0 spiro atoms. The lowest BCUT2D eigenvalue weighted by atomic mass is 10.0. The molecule has 1 aliphatic rings. The lowest BCUT2D eigenvalue weighted by molar-refractivity contribution is -0.134. The summed E-state index contributed by atoms with van der Waals surface area (Å²) in [6, 6.07) is 0.568. The quantitative estimate of drug-likeness (QED) is 0.630. The summed E-state index contributed by atoms with van der Waals surface area (Å²) in [6.07, 6.45) is 4.38. The van der Waals surface area contributed by atoms with Gasteiger partial charge in [-0.15, -0.1) is 0 Å². The first-order chi connectivity index (χ1) is 5.70. The van der Waals surface area contributed by atoms with Crippen LogP contribution in [0.25, 0.3) is 0 Å². The van der Waals surface area contributed by atoms with Gasteiger partial charge in [-0.25, -0.2) is 0 Å². The molecular formula is C10H19NO. The van der Waals surface area contributed by atoms with Gasteiger partial charge in [0, 0.05) is 19.0 Å². The van der Waals surface area contributed by atoms with Crippen LogP contribution in [0.1, 0.15) is 39.5 Å². The van der Waals surface area contributed by atoms with E-state index in [4.69, 9.17) is 0 Å². The molecule has 0 radical (unpaired) electrons. The molecule has 0 aliphatic heterocycles. The molecule has 12 heavy (non-hydrogen) atoms. The summed E-state index contributed by atoms with van der Waals surface area (Å²) in [5.41, 5.74) is 0. The van der Waals surface area contributed by atoms with E-state index in [1.54, 1.807) is 0 Å². The Hall–Kier alpha value is -0.530. The maximum absolute atomic E-state index is 11.7. The predicted molar refractivity (Wildman–Crippen MR) is 49.9 cm³/mol. The van der Waals surface area contributed by atoms with Gasteiger partial charge in [-0.3, -0.25) is 4.79 Å². The van der Waals surface area contributed by atoms with Gasteiger partial charge < -0.3 is 4.90 Å². The number of hydrogen-bond acceptors (Lipinski definition) is 1. The third-order valence-corrected chi connectivity index (χ3v) is 2.78. The normalized spacial score (nSPS) is 16.7. The number of carbonyl (C=O) groups excluding carboxylic acids is 1. The van der Waals surface area contributed by atoms with Crippen molar-refractivity contribution in [3.8, 4) is 0 Å². The highest BCUT2D eigenvalue weighted by molar-refractivity contribution is 5.79. The molecule has 1 fully saturated rings. The fraction of sp³-hybridized carbons (Fsp3) is 0.900. The highest BCUT2D eigenvalue weighted by Crippen LogP contribution is 2.27. The van der Waals surface area contributed by atoms with Crippen molar-refractivity contribution in [2.75, 3.05) is 7.05 Å². The largest absolute Gasteiger partial charge is 0.343 e. The first kappa shape index (κ1) is 9.56. The zero-order chi connectivity index (χ0) is 9.14. The first-order valence-corrected chi connectivity index (χ1v) is 4.97. The Labute approximate surface area is 74.9 Å². The van der Waals surface area contributed by atoms with Crippen LogP contribution in [0.4, 0.5) is 0 Å². The molecule has 1 aliphatic carbocycles. The molecule has 0 bridgehead atoms. The molecule has 0 aromatic rings. The average Bonchev–Trinajstić information content (AvgIpc) is 2.87. The molecule has 1 rings (SSSR count). The standard InChI is InChI=1S/C10H19NO/c1-4-8(5-2)10(12)11(3)9-6-7-9/h8-9H,4-7H2,1-3H3. The number of nitrogens with zero attached hydrogens (tertiary/aromatic N) is 1. The lowest BCUT2D eigenvalue weighted by Crippen LogP contribution is -2.34. The fourth-order valence-electron chi connectivity index (χ4n) is 1.57. The van der Waals surface area contributed by atoms with E-state index in [9.17, 15) is 4.79 Å². The van der Waals surface area contributed by atoms with Gasteiger partial charge in [0.15, 0.2) is 0 Å². The third kappa shape index (κ3) is 1.99. The minimum absolute atomic E-state index is 0.260. The fourth-order valence-corrected chi connectivity index (χ4v) is 1.57. The van der Waals surface area contributed by atoms with E-state index in [-0.39, 0.29) is 5.92 Å². The van der Waals surface area contributed by atoms with E-state index in [0.29, 0.717) is 11.9 Å². The van der Waals surface area contributed by atoms with Crippen molar-refractivity contribution in [2.24, 2.45) is 5.92 Å². The number of carbonyl (C=O) groups is 1. The molecule has 0 heterocycles. The van der Waals surface area contributed by atoms with Gasteiger partial charge in [0.25, 0.3) is 0 Å². The maximum Gasteiger partial charge on any atom is 0.225 e. The van der Waals surface area contributed by atoms with Crippen LogP contribution in [0.2, 0.25) is 0 Å². The van der Waals surface area contributed by atoms with Gasteiger partial charge in [0.1, 0.15) is 0 Å². The minimum atomic E-state index is 0.260. The highest BCUT2D eigenvalue weighted by Gasteiger charge is 2.31. The second-order valence-electron chi connectivity index (χ2n) is 3.69.